The summed E-state index contributed by atoms with van der Waals surface area (Å²) in [5.41, 5.74) is 11.6. The maximum Gasteiger partial charge on any atom is 0.171 e. The fourth-order valence-electron chi connectivity index (χ4n) is 9.75. The van der Waals surface area contributed by atoms with Crippen LogP contribution < -0.4 is 0 Å². The maximum absolute atomic E-state index is 14.2. The Bertz CT molecular complexity index is 1870. The lowest BCUT2D eigenvalue weighted by atomic mass is 9.49. The smallest absolute Gasteiger partial charge is 0.171 e. The van der Waals surface area contributed by atoms with Gasteiger partial charge in [0, 0.05) is 11.1 Å². The fraction of sp³-hybridized carbons (Fsp3) is 0.536. The Morgan fingerprint density at radius 3 is 1.19 bits per heavy atom. The Morgan fingerprint density at radius 1 is 0.483 bits per heavy atom. The molecule has 0 amide bonds. The van der Waals surface area contributed by atoms with Crippen LogP contribution in [0.4, 0.5) is 0 Å². The Balaban J connectivity index is 1.11. The molecule has 3 aliphatic rings. The van der Waals surface area contributed by atoms with E-state index in [4.69, 9.17) is 0 Å². The van der Waals surface area contributed by atoms with E-state index in [9.17, 15) is 9.59 Å². The van der Waals surface area contributed by atoms with Crippen LogP contribution >= 0.6 is 0 Å². The summed E-state index contributed by atoms with van der Waals surface area (Å²) < 4.78 is 0. The molecule has 314 valence electrons. The van der Waals surface area contributed by atoms with Gasteiger partial charge in [-0.2, -0.15) is 0 Å². The molecule has 0 aliphatic heterocycles. The highest BCUT2D eigenvalue weighted by atomic mass is 16.1. The topological polar surface area (TPSA) is 34.1 Å². The molecule has 0 radical (unpaired) electrons. The van der Waals surface area contributed by atoms with Gasteiger partial charge in [0.1, 0.15) is 0 Å². The standard InChI is InChI=1S/C56H78O2/c1-41(2)20-13-21-42(3)22-14-23-43(4)24-15-25-44(5)26-16-27-45(6)28-17-29-46(7)30-18-31-47(8)32-19-33-48(9)38-39-56-50-37-36-49(40-50)55(56,10)53(57)51-34-11-12-35-52(51)54(56)58/h11-12,20,22,24,26,28,30,32,34-38,49-50H,13-19,21,23,25,27,29,31,33,39-40H2,1-10H3/b42-22+,43-24+,44-26+,45-28+,46-30+,47-32+,48-38+. The van der Waals surface area contributed by atoms with Crippen molar-refractivity contribution in [3.63, 3.8) is 0 Å². The molecule has 1 aromatic carbocycles. The first-order chi connectivity index (χ1) is 27.7. The Morgan fingerprint density at radius 2 is 0.810 bits per heavy atom. The van der Waals surface area contributed by atoms with Crippen LogP contribution in [0.15, 0.2) is 130 Å². The van der Waals surface area contributed by atoms with Crippen LogP contribution in [0.25, 0.3) is 0 Å². The number of Topliss-reactive ketones (excluding diaryl/α,β-unsaturated/α-hetero) is 2. The SMILES string of the molecule is CC(C)=CCC/C(C)=C/CC/C(C)=C/CC/C(C)=C/CC/C(C)=C/CC/C(C)=C/CC/C(C)=C/CC/C(C)=C/CC12C(=O)c3ccccc3C(=O)C1(C)C1C=CC2C1. The van der Waals surface area contributed by atoms with E-state index < -0.39 is 10.8 Å². The van der Waals surface area contributed by atoms with E-state index in [0.29, 0.717) is 17.5 Å². The van der Waals surface area contributed by atoms with Crippen molar-refractivity contribution in [1.82, 2.24) is 0 Å². The van der Waals surface area contributed by atoms with Crippen molar-refractivity contribution >= 4 is 11.6 Å². The molecule has 0 aromatic heterocycles. The molecule has 0 N–H and O–H groups in total. The summed E-state index contributed by atoms with van der Waals surface area (Å²) in [6.07, 6.45) is 40.9. The average molecular weight is 783 g/mol. The molecule has 3 aliphatic carbocycles. The molecule has 2 heteroatoms. The lowest BCUT2D eigenvalue weighted by Crippen LogP contribution is -2.56. The second-order valence-corrected chi connectivity index (χ2v) is 18.8. The van der Waals surface area contributed by atoms with E-state index in [1.54, 1.807) is 0 Å². The number of fused-ring (bicyclic) bond motifs is 6. The first kappa shape index (κ1) is 46.9. The molecule has 1 aromatic rings. The van der Waals surface area contributed by atoms with Gasteiger partial charge in [0.2, 0.25) is 0 Å². The molecular weight excluding hydrogens is 705 g/mol. The summed E-state index contributed by atoms with van der Waals surface area (Å²) in [5.74, 6) is 0.616. The number of carbonyl (C=O) groups excluding carboxylic acids is 2. The Hall–Kier alpha value is -3.78. The maximum atomic E-state index is 14.2. The zero-order chi connectivity index (χ0) is 42.3. The van der Waals surface area contributed by atoms with Gasteiger partial charge in [0.25, 0.3) is 0 Å². The molecule has 4 rings (SSSR count). The minimum Gasteiger partial charge on any atom is -0.293 e. The normalized spacial score (nSPS) is 24.1. The predicted molar refractivity (Wildman–Crippen MR) is 251 cm³/mol. The molecular formula is C56H78O2. The third-order valence-corrected chi connectivity index (χ3v) is 13.7. The van der Waals surface area contributed by atoms with E-state index in [0.717, 1.165) is 83.5 Å². The van der Waals surface area contributed by atoms with Gasteiger partial charge in [-0.25, -0.2) is 0 Å². The molecule has 4 unspecified atom stereocenters. The van der Waals surface area contributed by atoms with Crippen molar-refractivity contribution in [2.45, 2.75) is 172 Å². The quantitative estimate of drug-likeness (QED) is 0.104. The minimum absolute atomic E-state index is 0.134. The summed E-state index contributed by atoms with van der Waals surface area (Å²) in [6, 6.07) is 7.50. The summed E-state index contributed by atoms with van der Waals surface area (Å²) >= 11 is 0. The van der Waals surface area contributed by atoms with Crippen molar-refractivity contribution in [3.8, 4) is 0 Å². The van der Waals surface area contributed by atoms with Crippen molar-refractivity contribution in [2.24, 2.45) is 22.7 Å². The van der Waals surface area contributed by atoms with E-state index >= 15 is 0 Å². The third-order valence-electron chi connectivity index (χ3n) is 13.7. The van der Waals surface area contributed by atoms with E-state index in [2.05, 4.69) is 130 Å². The van der Waals surface area contributed by atoms with Gasteiger partial charge in [-0.3, -0.25) is 9.59 Å². The predicted octanol–water partition coefficient (Wildman–Crippen LogP) is 16.7. The first-order valence-corrected chi connectivity index (χ1v) is 22.8. The molecule has 2 bridgehead atoms. The van der Waals surface area contributed by atoms with Crippen LogP contribution in [0.3, 0.4) is 0 Å². The van der Waals surface area contributed by atoms with E-state index in [1.807, 2.05) is 24.3 Å². The highest BCUT2D eigenvalue weighted by Gasteiger charge is 2.71. The van der Waals surface area contributed by atoms with Gasteiger partial charge >= 0.3 is 0 Å². The van der Waals surface area contributed by atoms with E-state index in [1.165, 1.54) is 57.4 Å². The minimum atomic E-state index is -0.667. The number of benzene rings is 1. The number of carbonyl (C=O) groups is 2. The third kappa shape index (κ3) is 12.4. The molecule has 0 spiro atoms. The summed E-state index contributed by atoms with van der Waals surface area (Å²) in [6.45, 7) is 22.3. The van der Waals surface area contributed by atoms with Crippen LogP contribution in [0.1, 0.15) is 193 Å². The first-order valence-electron chi connectivity index (χ1n) is 22.8. The van der Waals surface area contributed by atoms with Crippen LogP contribution in [-0.2, 0) is 0 Å². The van der Waals surface area contributed by atoms with Gasteiger partial charge in [0.15, 0.2) is 11.6 Å². The van der Waals surface area contributed by atoms with Crippen molar-refractivity contribution < 1.29 is 9.59 Å². The number of rotatable bonds is 23. The number of ketones is 2. The molecule has 1 fully saturated rings. The highest BCUT2D eigenvalue weighted by Crippen LogP contribution is 2.69. The number of allylic oxidation sites excluding steroid dienone is 18. The second kappa shape index (κ2) is 22.6. The van der Waals surface area contributed by atoms with Crippen LogP contribution in [0.5, 0.6) is 0 Å². The Kier molecular flexibility index (Phi) is 18.2. The van der Waals surface area contributed by atoms with Crippen LogP contribution in [0.2, 0.25) is 0 Å². The van der Waals surface area contributed by atoms with Crippen molar-refractivity contribution in [2.75, 3.05) is 0 Å². The molecule has 1 saturated carbocycles. The zero-order valence-electron chi connectivity index (χ0n) is 38.4. The molecule has 0 heterocycles. The van der Waals surface area contributed by atoms with E-state index in [-0.39, 0.29) is 23.4 Å². The average Bonchev–Trinajstić information content (AvgIpc) is 3.77. The van der Waals surface area contributed by atoms with Gasteiger partial charge in [-0.15, -0.1) is 0 Å². The molecule has 2 nitrogen and oxygen atoms in total. The van der Waals surface area contributed by atoms with Gasteiger partial charge in [-0.1, -0.05) is 137 Å². The molecule has 0 saturated heterocycles. The summed E-state index contributed by atoms with van der Waals surface area (Å²) in [7, 11) is 0. The van der Waals surface area contributed by atoms with Gasteiger partial charge in [-0.05, 0) is 177 Å². The lowest BCUT2D eigenvalue weighted by molar-refractivity contribution is 0.0242. The van der Waals surface area contributed by atoms with Crippen molar-refractivity contribution in [1.29, 1.82) is 0 Å². The number of hydrogen-bond acceptors (Lipinski definition) is 2. The van der Waals surface area contributed by atoms with Crippen LogP contribution in [0, 0.1) is 22.7 Å². The lowest BCUT2D eigenvalue weighted by Gasteiger charge is -2.50. The molecule has 4 atom stereocenters. The summed E-state index contributed by atoms with van der Waals surface area (Å²) in [4.78, 5) is 28.2. The highest BCUT2D eigenvalue weighted by molar-refractivity contribution is 6.20. The van der Waals surface area contributed by atoms with Gasteiger partial charge < -0.3 is 0 Å². The fourth-order valence-corrected chi connectivity index (χ4v) is 9.75. The monoisotopic (exact) mass is 783 g/mol. The second-order valence-electron chi connectivity index (χ2n) is 18.8. The summed E-state index contributed by atoms with van der Waals surface area (Å²) in [5, 5.41) is 0. The number of hydrogen-bond donors (Lipinski definition) is 0. The van der Waals surface area contributed by atoms with Crippen LogP contribution in [-0.4, -0.2) is 11.6 Å². The van der Waals surface area contributed by atoms with Crippen molar-refractivity contribution in [3.05, 3.63) is 141 Å². The largest absolute Gasteiger partial charge is 0.293 e. The van der Waals surface area contributed by atoms with Gasteiger partial charge in [0.05, 0.1) is 10.8 Å². The molecule has 58 heavy (non-hydrogen) atoms. The zero-order valence-corrected chi connectivity index (χ0v) is 38.4. The Labute approximate surface area is 355 Å².